The van der Waals surface area contributed by atoms with E-state index in [4.69, 9.17) is 0 Å². The Hall–Kier alpha value is -1.40. The lowest BCUT2D eigenvalue weighted by molar-refractivity contribution is -0.0255. The number of likely N-dealkylation sites (N-methyl/N-ethyl adjacent to an activating group) is 1. The van der Waals surface area contributed by atoms with Crippen LogP contribution in [0.25, 0.3) is 0 Å². The first-order chi connectivity index (χ1) is 9.95. The first-order valence-electron chi connectivity index (χ1n) is 7.63. The van der Waals surface area contributed by atoms with Crippen LogP contribution in [0.15, 0.2) is 6.20 Å². The monoisotopic (exact) mass is 295 g/mol. The quantitative estimate of drug-likeness (QED) is 0.814. The van der Waals surface area contributed by atoms with Gasteiger partial charge in [0, 0.05) is 19.8 Å². The number of carbonyl (C=O) groups excluding carboxylic acids is 1. The van der Waals surface area contributed by atoms with Crippen molar-refractivity contribution in [2.24, 2.45) is 0 Å². The summed E-state index contributed by atoms with van der Waals surface area (Å²) in [5, 5.41) is 24.4. The highest BCUT2D eigenvalue weighted by Crippen LogP contribution is 2.24. The molecule has 1 heterocycles. The van der Waals surface area contributed by atoms with Gasteiger partial charge in [-0.2, -0.15) is 5.10 Å². The zero-order chi connectivity index (χ0) is 15.6. The Balaban J connectivity index is 2.19. The van der Waals surface area contributed by atoms with Crippen molar-refractivity contribution in [1.82, 2.24) is 14.7 Å². The molecule has 0 unspecified atom stereocenters. The van der Waals surface area contributed by atoms with Crippen LogP contribution in [0.4, 0.5) is 0 Å². The Morgan fingerprint density at radius 2 is 2.10 bits per heavy atom. The van der Waals surface area contributed by atoms with E-state index in [1.807, 2.05) is 13.8 Å². The van der Waals surface area contributed by atoms with Crippen molar-refractivity contribution in [2.45, 2.75) is 64.3 Å². The molecule has 6 nitrogen and oxygen atoms in total. The fourth-order valence-corrected chi connectivity index (χ4v) is 2.96. The predicted octanol–water partition coefficient (Wildman–Crippen LogP) is 0.948. The SMILES string of the molecule is CCn1cc(C(=O)N(C)[C@@H]2CCCC[C@@H](O)[C@@H]2O)c(C)n1. The molecule has 0 aliphatic heterocycles. The van der Waals surface area contributed by atoms with Crippen LogP contribution in [-0.2, 0) is 6.54 Å². The summed E-state index contributed by atoms with van der Waals surface area (Å²) in [4.78, 5) is 14.2. The van der Waals surface area contributed by atoms with E-state index >= 15 is 0 Å². The third kappa shape index (κ3) is 3.27. The molecule has 3 atom stereocenters. The van der Waals surface area contributed by atoms with Gasteiger partial charge in [-0.15, -0.1) is 0 Å². The van der Waals surface area contributed by atoms with Crippen molar-refractivity contribution in [3.8, 4) is 0 Å². The Kier molecular flexibility index (Phi) is 5.00. The number of aliphatic hydroxyl groups excluding tert-OH is 2. The molecule has 1 aromatic rings. The fraction of sp³-hybridized carbons (Fsp3) is 0.733. The van der Waals surface area contributed by atoms with Crippen LogP contribution >= 0.6 is 0 Å². The van der Waals surface area contributed by atoms with Crippen LogP contribution in [0.1, 0.15) is 48.7 Å². The summed E-state index contributed by atoms with van der Waals surface area (Å²) in [5.41, 5.74) is 1.25. The first-order valence-corrected chi connectivity index (χ1v) is 7.63. The molecule has 0 saturated heterocycles. The van der Waals surface area contributed by atoms with E-state index in [-0.39, 0.29) is 11.9 Å². The third-order valence-corrected chi connectivity index (χ3v) is 4.36. The number of hydrogen-bond donors (Lipinski definition) is 2. The van der Waals surface area contributed by atoms with Crippen LogP contribution in [0.3, 0.4) is 0 Å². The van der Waals surface area contributed by atoms with Gasteiger partial charge >= 0.3 is 0 Å². The summed E-state index contributed by atoms with van der Waals surface area (Å²) in [6.45, 7) is 4.49. The van der Waals surface area contributed by atoms with Crippen LogP contribution < -0.4 is 0 Å². The number of aliphatic hydroxyl groups is 2. The van der Waals surface area contributed by atoms with Crippen molar-refractivity contribution >= 4 is 5.91 Å². The van der Waals surface area contributed by atoms with Gasteiger partial charge in [0.1, 0.15) is 6.10 Å². The maximum atomic E-state index is 12.6. The van der Waals surface area contributed by atoms with Gasteiger partial charge < -0.3 is 15.1 Å². The van der Waals surface area contributed by atoms with Gasteiger partial charge in [0.05, 0.1) is 23.4 Å². The zero-order valence-corrected chi connectivity index (χ0v) is 13.0. The minimum absolute atomic E-state index is 0.148. The van der Waals surface area contributed by atoms with Crippen LogP contribution in [0.5, 0.6) is 0 Å². The molecule has 1 aliphatic carbocycles. The first kappa shape index (κ1) is 16.0. The highest BCUT2D eigenvalue weighted by molar-refractivity contribution is 5.95. The molecule has 0 aromatic carbocycles. The minimum atomic E-state index is -0.886. The van der Waals surface area contributed by atoms with E-state index < -0.39 is 12.2 Å². The molecular formula is C15H25N3O3. The number of carbonyl (C=O) groups is 1. The number of rotatable bonds is 3. The summed E-state index contributed by atoms with van der Waals surface area (Å²) >= 11 is 0. The van der Waals surface area contributed by atoms with Gasteiger partial charge in [-0.1, -0.05) is 12.8 Å². The van der Waals surface area contributed by atoms with Crippen LogP contribution in [0, 0.1) is 6.92 Å². The second-order valence-electron chi connectivity index (χ2n) is 5.81. The molecule has 1 fully saturated rings. The Bertz CT molecular complexity index is 500. The molecular weight excluding hydrogens is 270 g/mol. The lowest BCUT2D eigenvalue weighted by Gasteiger charge is -2.32. The van der Waals surface area contributed by atoms with E-state index in [9.17, 15) is 15.0 Å². The molecule has 6 heteroatoms. The summed E-state index contributed by atoms with van der Waals surface area (Å²) in [5.74, 6) is -0.148. The second-order valence-corrected chi connectivity index (χ2v) is 5.81. The van der Waals surface area contributed by atoms with E-state index in [1.165, 1.54) is 0 Å². The highest BCUT2D eigenvalue weighted by Gasteiger charge is 2.34. The Labute approximate surface area is 125 Å². The van der Waals surface area contributed by atoms with Crippen molar-refractivity contribution in [3.05, 3.63) is 17.5 Å². The Morgan fingerprint density at radius 1 is 1.43 bits per heavy atom. The van der Waals surface area contributed by atoms with Crippen molar-refractivity contribution < 1.29 is 15.0 Å². The lowest BCUT2D eigenvalue weighted by Crippen LogP contribution is -2.48. The topological polar surface area (TPSA) is 78.6 Å². The molecule has 1 aliphatic rings. The van der Waals surface area contributed by atoms with Crippen molar-refractivity contribution in [2.75, 3.05) is 7.05 Å². The maximum absolute atomic E-state index is 12.6. The lowest BCUT2D eigenvalue weighted by atomic mass is 10.0. The summed E-state index contributed by atoms with van der Waals surface area (Å²) in [6.07, 6.45) is 3.18. The average Bonchev–Trinajstić information content (AvgIpc) is 2.77. The number of nitrogens with zero attached hydrogens (tertiary/aromatic N) is 3. The van der Waals surface area contributed by atoms with Gasteiger partial charge in [-0.25, -0.2) is 0 Å². The van der Waals surface area contributed by atoms with Gasteiger partial charge in [0.15, 0.2) is 0 Å². The molecule has 0 spiro atoms. The molecule has 0 radical (unpaired) electrons. The summed E-state index contributed by atoms with van der Waals surface area (Å²) in [6, 6.07) is -0.348. The highest BCUT2D eigenvalue weighted by atomic mass is 16.3. The molecule has 1 saturated carbocycles. The molecule has 2 N–H and O–H groups in total. The van der Waals surface area contributed by atoms with Crippen LogP contribution in [-0.4, -0.2) is 56.1 Å². The Morgan fingerprint density at radius 3 is 2.71 bits per heavy atom. The largest absolute Gasteiger partial charge is 0.390 e. The van der Waals surface area contributed by atoms with Crippen LogP contribution in [0.2, 0.25) is 0 Å². The number of aromatic nitrogens is 2. The maximum Gasteiger partial charge on any atom is 0.257 e. The smallest absolute Gasteiger partial charge is 0.257 e. The third-order valence-electron chi connectivity index (χ3n) is 4.36. The minimum Gasteiger partial charge on any atom is -0.390 e. The van der Waals surface area contributed by atoms with Gasteiger partial charge in [-0.3, -0.25) is 9.48 Å². The number of amides is 1. The predicted molar refractivity (Wildman–Crippen MR) is 79.0 cm³/mol. The normalized spacial score (nSPS) is 26.4. The van der Waals surface area contributed by atoms with E-state index in [0.29, 0.717) is 30.6 Å². The molecule has 118 valence electrons. The zero-order valence-electron chi connectivity index (χ0n) is 13.0. The van der Waals surface area contributed by atoms with E-state index in [0.717, 1.165) is 12.8 Å². The van der Waals surface area contributed by atoms with Gasteiger partial charge in [0.2, 0.25) is 0 Å². The van der Waals surface area contributed by atoms with Crippen molar-refractivity contribution in [1.29, 1.82) is 0 Å². The second kappa shape index (κ2) is 6.58. The summed E-state index contributed by atoms with van der Waals surface area (Å²) < 4.78 is 1.73. The molecule has 0 bridgehead atoms. The average molecular weight is 295 g/mol. The molecule has 2 rings (SSSR count). The molecule has 21 heavy (non-hydrogen) atoms. The van der Waals surface area contributed by atoms with Gasteiger partial charge in [0.25, 0.3) is 5.91 Å². The van der Waals surface area contributed by atoms with Gasteiger partial charge in [-0.05, 0) is 26.7 Å². The molecule has 1 aromatic heterocycles. The van der Waals surface area contributed by atoms with Crippen molar-refractivity contribution in [3.63, 3.8) is 0 Å². The molecule has 1 amide bonds. The number of hydrogen-bond acceptors (Lipinski definition) is 4. The van der Waals surface area contributed by atoms with E-state index in [1.54, 1.807) is 22.8 Å². The summed E-state index contributed by atoms with van der Waals surface area (Å²) in [7, 11) is 1.69. The number of aryl methyl sites for hydroxylation is 2. The fourth-order valence-electron chi connectivity index (χ4n) is 2.96. The standard InChI is InChI=1S/C15H25N3O3/c1-4-18-9-11(10(2)16-18)15(21)17(3)12-7-5-6-8-13(19)14(12)20/h9,12-14,19-20H,4-8H2,1-3H3/t12-,13-,14-/m1/s1. The van der Waals surface area contributed by atoms with E-state index in [2.05, 4.69) is 5.10 Å².